The minimum Gasteiger partial charge on any atom is -0.490 e. The fraction of sp³-hybridized carbons (Fsp3) is 0.167. The molecule has 0 aromatic heterocycles. The number of para-hydroxylation sites is 2. The normalized spacial score (nSPS) is 11.7. The molecule has 0 radical (unpaired) electrons. The van der Waals surface area contributed by atoms with E-state index in [2.05, 4.69) is 34.5 Å². The van der Waals surface area contributed by atoms with Crippen molar-refractivity contribution in [2.24, 2.45) is 0 Å². The van der Waals surface area contributed by atoms with Crippen molar-refractivity contribution in [2.45, 2.75) is 19.2 Å². The summed E-state index contributed by atoms with van der Waals surface area (Å²) < 4.78 is 5.92. The summed E-state index contributed by atoms with van der Waals surface area (Å²) in [4.78, 5) is 15.0. The van der Waals surface area contributed by atoms with Gasteiger partial charge in [-0.05, 0) is 35.4 Å². The number of rotatable bonds is 11. The first-order valence-electron chi connectivity index (χ1n) is 11.7. The molecule has 1 unspecified atom stereocenters. The van der Waals surface area contributed by atoms with Gasteiger partial charge in [0.15, 0.2) is 0 Å². The molecule has 5 heteroatoms. The van der Waals surface area contributed by atoms with Crippen molar-refractivity contribution in [3.8, 4) is 5.75 Å². The molecule has 0 heterocycles. The molecular formula is C30H30N2O3. The average Bonchev–Trinajstić information content (AvgIpc) is 2.89. The highest BCUT2D eigenvalue weighted by atomic mass is 16.5. The number of aliphatic hydroxyl groups is 1. The van der Waals surface area contributed by atoms with Crippen molar-refractivity contribution >= 4 is 11.6 Å². The van der Waals surface area contributed by atoms with Crippen LogP contribution >= 0.6 is 0 Å². The Morgan fingerprint density at radius 3 is 1.86 bits per heavy atom. The van der Waals surface area contributed by atoms with Gasteiger partial charge in [-0.1, -0.05) is 91.0 Å². The maximum absolute atomic E-state index is 12.8. The Bertz CT molecular complexity index is 1140. The standard InChI is InChI=1S/C30H30N2O3/c33-27(22-32(20-24-12-4-1-5-13-24)21-25-14-6-2-7-15-25)23-35-29-19-11-10-18-28(29)30(34)31-26-16-8-3-9-17-26/h1-19,27,33H,20-23H2,(H,31,34). The van der Waals surface area contributed by atoms with Crippen molar-refractivity contribution in [2.75, 3.05) is 18.5 Å². The number of aliphatic hydroxyl groups excluding tert-OH is 1. The van der Waals surface area contributed by atoms with Crippen LogP contribution < -0.4 is 10.1 Å². The van der Waals surface area contributed by atoms with Crippen molar-refractivity contribution in [1.29, 1.82) is 0 Å². The predicted octanol–water partition coefficient (Wildman–Crippen LogP) is 5.38. The molecular weight excluding hydrogens is 436 g/mol. The van der Waals surface area contributed by atoms with Crippen LogP contribution in [0, 0.1) is 0 Å². The van der Waals surface area contributed by atoms with E-state index in [9.17, 15) is 9.90 Å². The fourth-order valence-corrected chi connectivity index (χ4v) is 3.90. The van der Waals surface area contributed by atoms with Crippen LogP contribution in [0.4, 0.5) is 5.69 Å². The molecule has 4 aromatic rings. The first kappa shape index (κ1) is 24.2. The third-order valence-electron chi connectivity index (χ3n) is 5.56. The van der Waals surface area contributed by atoms with E-state index in [0.717, 1.165) is 0 Å². The maximum atomic E-state index is 12.8. The van der Waals surface area contributed by atoms with E-state index in [1.807, 2.05) is 72.8 Å². The molecule has 2 N–H and O–H groups in total. The summed E-state index contributed by atoms with van der Waals surface area (Å²) in [6, 6.07) is 36.8. The summed E-state index contributed by atoms with van der Waals surface area (Å²) in [5, 5.41) is 13.7. The number of carbonyl (C=O) groups excluding carboxylic acids is 1. The number of nitrogens with zero attached hydrogens (tertiary/aromatic N) is 1. The minimum absolute atomic E-state index is 0.0791. The lowest BCUT2D eigenvalue weighted by Gasteiger charge is -2.25. The molecule has 4 aromatic carbocycles. The van der Waals surface area contributed by atoms with Gasteiger partial charge in [-0.2, -0.15) is 0 Å². The zero-order chi connectivity index (χ0) is 24.3. The number of anilines is 1. The van der Waals surface area contributed by atoms with Gasteiger partial charge in [-0.3, -0.25) is 9.69 Å². The summed E-state index contributed by atoms with van der Waals surface area (Å²) in [5.41, 5.74) is 3.50. The number of ether oxygens (including phenoxy) is 1. The Hall–Kier alpha value is -3.93. The van der Waals surface area contributed by atoms with Gasteiger partial charge >= 0.3 is 0 Å². The molecule has 0 aliphatic carbocycles. The molecule has 0 spiro atoms. The monoisotopic (exact) mass is 466 g/mol. The van der Waals surface area contributed by atoms with Gasteiger partial charge in [0.25, 0.3) is 5.91 Å². The second-order valence-corrected chi connectivity index (χ2v) is 8.42. The Kier molecular flexibility index (Phi) is 8.65. The van der Waals surface area contributed by atoms with Crippen LogP contribution in [-0.2, 0) is 13.1 Å². The number of hydrogen-bond donors (Lipinski definition) is 2. The zero-order valence-electron chi connectivity index (χ0n) is 19.6. The van der Waals surface area contributed by atoms with Gasteiger partial charge in [0.05, 0.1) is 5.56 Å². The molecule has 178 valence electrons. The first-order valence-corrected chi connectivity index (χ1v) is 11.7. The number of amides is 1. The van der Waals surface area contributed by atoms with Crippen LogP contribution in [0.2, 0.25) is 0 Å². The minimum atomic E-state index is -0.729. The summed E-state index contributed by atoms with van der Waals surface area (Å²) in [7, 11) is 0. The third kappa shape index (κ3) is 7.54. The highest BCUT2D eigenvalue weighted by Gasteiger charge is 2.17. The molecule has 0 fully saturated rings. The van der Waals surface area contributed by atoms with Gasteiger partial charge in [0.1, 0.15) is 18.5 Å². The third-order valence-corrected chi connectivity index (χ3v) is 5.56. The van der Waals surface area contributed by atoms with Crippen molar-refractivity contribution in [3.05, 3.63) is 132 Å². The highest BCUT2D eigenvalue weighted by molar-refractivity contribution is 6.06. The topological polar surface area (TPSA) is 61.8 Å². The molecule has 0 aliphatic heterocycles. The molecule has 0 saturated heterocycles. The molecule has 4 rings (SSSR count). The smallest absolute Gasteiger partial charge is 0.259 e. The van der Waals surface area contributed by atoms with Crippen molar-refractivity contribution in [3.63, 3.8) is 0 Å². The van der Waals surface area contributed by atoms with Crippen LogP contribution in [0.15, 0.2) is 115 Å². The number of hydrogen-bond acceptors (Lipinski definition) is 4. The van der Waals surface area contributed by atoms with Crippen molar-refractivity contribution < 1.29 is 14.6 Å². The lowest BCUT2D eigenvalue weighted by atomic mass is 10.1. The molecule has 35 heavy (non-hydrogen) atoms. The maximum Gasteiger partial charge on any atom is 0.259 e. The largest absolute Gasteiger partial charge is 0.490 e. The average molecular weight is 467 g/mol. The van der Waals surface area contributed by atoms with E-state index >= 15 is 0 Å². The van der Waals surface area contributed by atoms with Gasteiger partial charge in [-0.15, -0.1) is 0 Å². The van der Waals surface area contributed by atoms with Crippen LogP contribution in [0.1, 0.15) is 21.5 Å². The van der Waals surface area contributed by atoms with Crippen LogP contribution in [0.5, 0.6) is 5.75 Å². The molecule has 1 amide bonds. The molecule has 0 bridgehead atoms. The molecule has 0 saturated carbocycles. The van der Waals surface area contributed by atoms with E-state index in [1.54, 1.807) is 18.2 Å². The van der Waals surface area contributed by atoms with Crippen LogP contribution in [0.25, 0.3) is 0 Å². The van der Waals surface area contributed by atoms with Crippen LogP contribution in [-0.4, -0.2) is 35.2 Å². The van der Waals surface area contributed by atoms with E-state index in [0.29, 0.717) is 36.6 Å². The van der Waals surface area contributed by atoms with E-state index in [4.69, 9.17) is 4.74 Å². The Morgan fingerprint density at radius 1 is 0.743 bits per heavy atom. The first-order chi connectivity index (χ1) is 17.2. The predicted molar refractivity (Wildman–Crippen MR) is 139 cm³/mol. The van der Waals surface area contributed by atoms with Gasteiger partial charge < -0.3 is 15.2 Å². The summed E-state index contributed by atoms with van der Waals surface area (Å²) in [5.74, 6) is 0.189. The van der Waals surface area contributed by atoms with Gasteiger partial charge in [0, 0.05) is 25.3 Å². The highest BCUT2D eigenvalue weighted by Crippen LogP contribution is 2.20. The Morgan fingerprint density at radius 2 is 1.26 bits per heavy atom. The Balaban J connectivity index is 1.39. The fourth-order valence-electron chi connectivity index (χ4n) is 3.90. The zero-order valence-corrected chi connectivity index (χ0v) is 19.6. The number of carbonyl (C=O) groups is 1. The molecule has 5 nitrogen and oxygen atoms in total. The summed E-state index contributed by atoms with van der Waals surface area (Å²) in [6.45, 7) is 1.93. The quantitative estimate of drug-likeness (QED) is 0.312. The Labute approximate surface area is 206 Å². The number of benzene rings is 4. The van der Waals surface area contributed by atoms with E-state index in [1.165, 1.54) is 11.1 Å². The lowest BCUT2D eigenvalue weighted by molar-refractivity contribution is 0.0622. The molecule has 1 atom stereocenters. The summed E-state index contributed by atoms with van der Waals surface area (Å²) >= 11 is 0. The molecule has 0 aliphatic rings. The van der Waals surface area contributed by atoms with E-state index < -0.39 is 6.10 Å². The SMILES string of the molecule is O=C(Nc1ccccc1)c1ccccc1OCC(O)CN(Cc1ccccc1)Cc1ccccc1. The lowest BCUT2D eigenvalue weighted by Crippen LogP contribution is -2.35. The van der Waals surface area contributed by atoms with Crippen molar-refractivity contribution in [1.82, 2.24) is 4.90 Å². The number of nitrogens with one attached hydrogen (secondary N) is 1. The van der Waals surface area contributed by atoms with Crippen LogP contribution in [0.3, 0.4) is 0 Å². The summed E-state index contributed by atoms with van der Waals surface area (Å²) in [6.07, 6.45) is -0.729. The van der Waals surface area contributed by atoms with E-state index in [-0.39, 0.29) is 12.5 Å². The second-order valence-electron chi connectivity index (χ2n) is 8.42. The van der Waals surface area contributed by atoms with Gasteiger partial charge in [-0.25, -0.2) is 0 Å². The second kappa shape index (κ2) is 12.5. The van der Waals surface area contributed by atoms with Gasteiger partial charge in [0.2, 0.25) is 0 Å².